The molecule has 102 valence electrons. The second-order valence-corrected chi connectivity index (χ2v) is 6.03. The molecule has 7 nitrogen and oxygen atoms in total. The van der Waals surface area contributed by atoms with Crippen LogP contribution < -0.4 is 4.72 Å². The maximum Gasteiger partial charge on any atom is 0.243 e. The molecule has 0 aromatic carbocycles. The summed E-state index contributed by atoms with van der Waals surface area (Å²) in [6, 6.07) is 0. The van der Waals surface area contributed by atoms with Crippen molar-refractivity contribution in [3.8, 4) is 0 Å². The van der Waals surface area contributed by atoms with Crippen molar-refractivity contribution in [3.63, 3.8) is 0 Å². The zero-order chi connectivity index (χ0) is 14.0. The Kier molecular flexibility index (Phi) is 3.83. The topological polar surface area (TPSA) is 89.8 Å². The van der Waals surface area contributed by atoms with Gasteiger partial charge in [0.2, 0.25) is 15.3 Å². The van der Waals surface area contributed by atoms with Crippen LogP contribution >= 0.6 is 11.6 Å². The monoisotopic (exact) mass is 301 g/mol. The molecule has 0 radical (unpaired) electrons. The SMILES string of the molecule is Cc1nn(C)cc1CNS(=O)(=O)c1cnc(Cl)nc1. The first-order valence-electron chi connectivity index (χ1n) is 5.35. The molecule has 2 aromatic rings. The molecule has 9 heteroatoms. The van der Waals surface area contributed by atoms with Gasteiger partial charge in [-0.05, 0) is 18.5 Å². The molecule has 0 atom stereocenters. The molecule has 2 aromatic heterocycles. The van der Waals surface area contributed by atoms with Gasteiger partial charge in [-0.2, -0.15) is 5.10 Å². The predicted molar refractivity (Wildman–Crippen MR) is 69.0 cm³/mol. The number of hydrogen-bond donors (Lipinski definition) is 1. The summed E-state index contributed by atoms with van der Waals surface area (Å²) < 4.78 is 28.0. The number of aromatic nitrogens is 4. The van der Waals surface area contributed by atoms with Gasteiger partial charge >= 0.3 is 0 Å². The van der Waals surface area contributed by atoms with E-state index in [9.17, 15) is 8.42 Å². The highest BCUT2D eigenvalue weighted by Crippen LogP contribution is 2.10. The molecule has 2 rings (SSSR count). The smallest absolute Gasteiger partial charge is 0.243 e. The zero-order valence-electron chi connectivity index (χ0n) is 10.3. The Balaban J connectivity index is 2.14. The molecule has 1 N–H and O–H groups in total. The number of nitrogens with one attached hydrogen (secondary N) is 1. The summed E-state index contributed by atoms with van der Waals surface area (Å²) in [6.45, 7) is 1.97. The van der Waals surface area contributed by atoms with E-state index >= 15 is 0 Å². The van der Waals surface area contributed by atoms with Gasteiger partial charge < -0.3 is 0 Å². The van der Waals surface area contributed by atoms with E-state index in [1.807, 2.05) is 6.92 Å². The van der Waals surface area contributed by atoms with Gasteiger partial charge in [0, 0.05) is 25.4 Å². The largest absolute Gasteiger partial charge is 0.275 e. The van der Waals surface area contributed by atoms with Crippen LogP contribution in [-0.4, -0.2) is 28.2 Å². The van der Waals surface area contributed by atoms with E-state index in [1.54, 1.807) is 17.9 Å². The highest BCUT2D eigenvalue weighted by Gasteiger charge is 2.16. The molecule has 0 aliphatic heterocycles. The quantitative estimate of drug-likeness (QED) is 0.838. The minimum absolute atomic E-state index is 0.00190. The standard InChI is InChI=1S/C10H12ClN5O2S/c1-7-8(6-16(2)15-7)3-14-19(17,18)9-4-12-10(11)13-5-9/h4-6,14H,3H2,1-2H3. The first-order valence-corrected chi connectivity index (χ1v) is 7.21. The lowest BCUT2D eigenvalue weighted by molar-refractivity contribution is 0.580. The molecule has 0 saturated carbocycles. The number of sulfonamides is 1. The molecule has 0 fully saturated rings. The summed E-state index contributed by atoms with van der Waals surface area (Å²) in [6.07, 6.45) is 4.08. The third-order valence-electron chi connectivity index (χ3n) is 2.47. The summed E-state index contributed by atoms with van der Waals surface area (Å²) in [5.41, 5.74) is 1.58. The molecule has 0 saturated heterocycles. The average molecular weight is 302 g/mol. The van der Waals surface area contributed by atoms with Gasteiger partial charge in [0.25, 0.3) is 0 Å². The Bertz CT molecular complexity index is 680. The normalized spacial score (nSPS) is 11.7. The number of nitrogens with zero attached hydrogens (tertiary/aromatic N) is 4. The number of aryl methyl sites for hydroxylation is 2. The average Bonchev–Trinajstić information content (AvgIpc) is 2.66. The van der Waals surface area contributed by atoms with E-state index in [0.717, 1.165) is 23.7 Å². The predicted octanol–water partition coefficient (Wildman–Crippen LogP) is 0.650. The summed E-state index contributed by atoms with van der Waals surface area (Å²) >= 11 is 5.51. The van der Waals surface area contributed by atoms with Gasteiger partial charge in [0.05, 0.1) is 18.1 Å². The molecule has 0 amide bonds. The Hall–Kier alpha value is -1.51. The van der Waals surface area contributed by atoms with Crippen LogP contribution in [0, 0.1) is 6.92 Å². The van der Waals surface area contributed by atoms with Gasteiger partial charge in [-0.3, -0.25) is 4.68 Å². The lowest BCUT2D eigenvalue weighted by atomic mass is 10.3. The number of halogens is 1. The Morgan fingerprint density at radius 2 is 2.00 bits per heavy atom. The minimum atomic E-state index is -3.65. The lowest BCUT2D eigenvalue weighted by Crippen LogP contribution is -2.23. The molecule has 19 heavy (non-hydrogen) atoms. The molecular formula is C10H12ClN5O2S. The summed E-state index contributed by atoms with van der Waals surface area (Å²) in [4.78, 5) is 7.25. The fourth-order valence-electron chi connectivity index (χ4n) is 1.52. The lowest BCUT2D eigenvalue weighted by Gasteiger charge is -2.05. The van der Waals surface area contributed by atoms with Crippen LogP contribution in [0.25, 0.3) is 0 Å². The van der Waals surface area contributed by atoms with Crippen molar-refractivity contribution in [2.45, 2.75) is 18.4 Å². The Labute approximate surface area is 115 Å². The molecule has 2 heterocycles. The molecule has 0 unspecified atom stereocenters. The van der Waals surface area contributed by atoms with Crippen molar-refractivity contribution in [2.24, 2.45) is 7.05 Å². The van der Waals surface area contributed by atoms with Crippen molar-refractivity contribution in [1.29, 1.82) is 0 Å². The van der Waals surface area contributed by atoms with E-state index < -0.39 is 10.0 Å². The van der Waals surface area contributed by atoms with E-state index in [4.69, 9.17) is 11.6 Å². The fourth-order valence-corrected chi connectivity index (χ4v) is 2.51. The second kappa shape index (κ2) is 5.24. The Morgan fingerprint density at radius 1 is 1.37 bits per heavy atom. The van der Waals surface area contributed by atoms with Crippen LogP contribution in [0.3, 0.4) is 0 Å². The fraction of sp³-hybridized carbons (Fsp3) is 0.300. The molecule has 0 aliphatic rings. The zero-order valence-corrected chi connectivity index (χ0v) is 11.9. The summed E-state index contributed by atoms with van der Waals surface area (Å²) in [5.74, 6) is 0. The third-order valence-corrected chi connectivity index (χ3v) is 4.03. The maximum absolute atomic E-state index is 12.0. The molecular weight excluding hydrogens is 290 g/mol. The van der Waals surface area contributed by atoms with Crippen molar-refractivity contribution < 1.29 is 8.42 Å². The van der Waals surface area contributed by atoms with Crippen LogP contribution in [0.5, 0.6) is 0 Å². The first-order chi connectivity index (χ1) is 8.88. The molecule has 0 spiro atoms. The van der Waals surface area contributed by atoms with E-state index in [0.29, 0.717) is 0 Å². The van der Waals surface area contributed by atoms with Gasteiger partial charge in [-0.15, -0.1) is 0 Å². The van der Waals surface area contributed by atoms with E-state index in [-0.39, 0.29) is 16.7 Å². The number of hydrogen-bond acceptors (Lipinski definition) is 5. The van der Waals surface area contributed by atoms with Crippen LogP contribution in [0.15, 0.2) is 23.5 Å². The summed E-state index contributed by atoms with van der Waals surface area (Å²) in [5, 5.41) is 4.14. The Morgan fingerprint density at radius 3 is 2.53 bits per heavy atom. The molecule has 0 aliphatic carbocycles. The second-order valence-electron chi connectivity index (χ2n) is 3.93. The van der Waals surface area contributed by atoms with Gasteiger partial charge in [-0.1, -0.05) is 0 Å². The highest BCUT2D eigenvalue weighted by atomic mass is 35.5. The molecule has 0 bridgehead atoms. The van der Waals surface area contributed by atoms with E-state index in [2.05, 4.69) is 19.8 Å². The maximum atomic E-state index is 12.0. The van der Waals surface area contributed by atoms with Crippen molar-refractivity contribution >= 4 is 21.6 Å². The van der Waals surface area contributed by atoms with Gasteiger partial charge in [0.1, 0.15) is 4.90 Å². The van der Waals surface area contributed by atoms with Crippen LogP contribution in [0.2, 0.25) is 5.28 Å². The minimum Gasteiger partial charge on any atom is -0.275 e. The first kappa shape index (κ1) is 13.9. The van der Waals surface area contributed by atoms with Crippen LogP contribution in [-0.2, 0) is 23.6 Å². The highest BCUT2D eigenvalue weighted by molar-refractivity contribution is 7.89. The van der Waals surface area contributed by atoms with Gasteiger partial charge in [-0.25, -0.2) is 23.1 Å². The third kappa shape index (κ3) is 3.28. The van der Waals surface area contributed by atoms with Crippen molar-refractivity contribution in [3.05, 3.63) is 35.1 Å². The number of rotatable bonds is 4. The van der Waals surface area contributed by atoms with Gasteiger partial charge in [0.15, 0.2) is 0 Å². The van der Waals surface area contributed by atoms with Crippen LogP contribution in [0.4, 0.5) is 0 Å². The van der Waals surface area contributed by atoms with Crippen molar-refractivity contribution in [1.82, 2.24) is 24.5 Å². The van der Waals surface area contributed by atoms with E-state index in [1.165, 1.54) is 0 Å². The summed E-state index contributed by atoms with van der Waals surface area (Å²) in [7, 11) is -1.88. The van der Waals surface area contributed by atoms with Crippen LogP contribution in [0.1, 0.15) is 11.3 Å². The van der Waals surface area contributed by atoms with Crippen molar-refractivity contribution in [2.75, 3.05) is 0 Å².